The third-order valence-corrected chi connectivity index (χ3v) is 4.76. The van der Waals surface area contributed by atoms with Gasteiger partial charge in [-0.05, 0) is 38.5 Å². The highest BCUT2D eigenvalue weighted by Crippen LogP contribution is 2.20. The Labute approximate surface area is 165 Å². The van der Waals surface area contributed by atoms with Crippen molar-refractivity contribution in [3.05, 3.63) is 53.5 Å². The van der Waals surface area contributed by atoms with Crippen molar-refractivity contribution in [1.29, 1.82) is 0 Å². The third-order valence-electron chi connectivity index (χ3n) is 4.76. The number of aryl methyl sites for hydroxylation is 1. The molecule has 2 aromatic rings. The van der Waals surface area contributed by atoms with E-state index in [4.69, 9.17) is 9.15 Å². The second-order valence-corrected chi connectivity index (χ2v) is 6.78. The molecule has 0 spiro atoms. The molecule has 3 rings (SSSR count). The molecule has 1 aliphatic rings. The number of esters is 1. The smallest absolute Gasteiger partial charge is 0.341 e. The highest BCUT2D eigenvalue weighted by molar-refractivity contribution is 5.90. The largest absolute Gasteiger partial charge is 0.465 e. The average molecular weight is 384 g/mol. The first-order valence-electron chi connectivity index (χ1n) is 9.63. The number of para-hydroxylation sites is 1. The SMILES string of the molecule is CCNC(=NCc1cc(C(=O)OC)c(C)o1)NC1CCN(c2ccccc2)C1. The molecule has 2 N–H and O–H groups in total. The van der Waals surface area contributed by atoms with Crippen LogP contribution in [0.5, 0.6) is 0 Å². The van der Waals surface area contributed by atoms with E-state index >= 15 is 0 Å². The number of ether oxygens (including phenoxy) is 1. The zero-order valence-electron chi connectivity index (χ0n) is 16.7. The van der Waals surface area contributed by atoms with Gasteiger partial charge < -0.3 is 24.7 Å². The fraction of sp³-hybridized carbons (Fsp3) is 0.429. The molecule has 0 bridgehead atoms. The first-order valence-corrected chi connectivity index (χ1v) is 9.63. The van der Waals surface area contributed by atoms with Crippen LogP contribution in [-0.2, 0) is 11.3 Å². The molecule has 1 aromatic heterocycles. The number of aliphatic imine (C=N–C) groups is 1. The summed E-state index contributed by atoms with van der Waals surface area (Å²) in [4.78, 5) is 18.7. The van der Waals surface area contributed by atoms with Gasteiger partial charge in [-0.15, -0.1) is 0 Å². The minimum absolute atomic E-state index is 0.321. The lowest BCUT2D eigenvalue weighted by molar-refractivity contribution is 0.0599. The van der Waals surface area contributed by atoms with E-state index in [1.54, 1.807) is 13.0 Å². The van der Waals surface area contributed by atoms with Crippen molar-refractivity contribution in [2.75, 3.05) is 31.6 Å². The summed E-state index contributed by atoms with van der Waals surface area (Å²) in [5.74, 6) is 1.53. The van der Waals surface area contributed by atoms with Gasteiger partial charge in [0, 0.05) is 31.4 Å². The topological polar surface area (TPSA) is 79.1 Å². The van der Waals surface area contributed by atoms with Gasteiger partial charge in [-0.25, -0.2) is 9.79 Å². The Morgan fingerprint density at radius 2 is 2.14 bits per heavy atom. The Hall–Kier alpha value is -2.96. The van der Waals surface area contributed by atoms with Crippen LogP contribution in [0.15, 0.2) is 45.8 Å². The Kier molecular flexibility index (Phi) is 6.57. The Morgan fingerprint density at radius 1 is 1.36 bits per heavy atom. The number of nitrogens with zero attached hydrogens (tertiary/aromatic N) is 2. The van der Waals surface area contributed by atoms with Crippen LogP contribution >= 0.6 is 0 Å². The lowest BCUT2D eigenvalue weighted by Crippen LogP contribution is -2.44. The molecule has 150 valence electrons. The molecule has 1 aliphatic heterocycles. The molecule has 0 saturated carbocycles. The Bertz CT molecular complexity index is 816. The molecule has 1 atom stereocenters. The van der Waals surface area contributed by atoms with Gasteiger partial charge >= 0.3 is 5.97 Å². The molecule has 1 aromatic carbocycles. The first-order chi connectivity index (χ1) is 13.6. The van der Waals surface area contributed by atoms with Gasteiger partial charge in [-0.3, -0.25) is 0 Å². The normalized spacial score (nSPS) is 16.9. The van der Waals surface area contributed by atoms with Crippen LogP contribution in [0.4, 0.5) is 5.69 Å². The maximum absolute atomic E-state index is 11.7. The monoisotopic (exact) mass is 384 g/mol. The van der Waals surface area contributed by atoms with E-state index in [1.807, 2.05) is 13.0 Å². The number of rotatable bonds is 6. The molecule has 7 nitrogen and oxygen atoms in total. The van der Waals surface area contributed by atoms with Gasteiger partial charge in [0.1, 0.15) is 23.6 Å². The van der Waals surface area contributed by atoms with E-state index in [9.17, 15) is 4.79 Å². The maximum atomic E-state index is 11.7. The van der Waals surface area contributed by atoms with Crippen LogP contribution in [0.2, 0.25) is 0 Å². The predicted octanol–water partition coefficient (Wildman–Crippen LogP) is 2.71. The summed E-state index contributed by atoms with van der Waals surface area (Å²) in [5.41, 5.74) is 1.69. The highest BCUT2D eigenvalue weighted by atomic mass is 16.5. The number of furan rings is 1. The quantitative estimate of drug-likeness (QED) is 0.453. The van der Waals surface area contributed by atoms with Gasteiger partial charge in [0.2, 0.25) is 0 Å². The molecular weight excluding hydrogens is 356 g/mol. The van der Waals surface area contributed by atoms with Crippen LogP contribution < -0.4 is 15.5 Å². The number of carbonyl (C=O) groups excluding carboxylic acids is 1. The summed E-state index contributed by atoms with van der Waals surface area (Å²) in [6.07, 6.45) is 1.05. The molecule has 7 heteroatoms. The molecule has 1 saturated heterocycles. The van der Waals surface area contributed by atoms with E-state index in [1.165, 1.54) is 12.8 Å². The number of methoxy groups -OCH3 is 1. The van der Waals surface area contributed by atoms with Crippen molar-refractivity contribution < 1.29 is 13.9 Å². The molecule has 0 radical (unpaired) electrons. The molecule has 0 amide bonds. The van der Waals surface area contributed by atoms with Crippen molar-refractivity contribution in [3.63, 3.8) is 0 Å². The number of anilines is 1. The van der Waals surface area contributed by atoms with Gasteiger partial charge in [0.25, 0.3) is 0 Å². The molecule has 1 fully saturated rings. The summed E-state index contributed by atoms with van der Waals surface area (Å²) < 4.78 is 10.4. The van der Waals surface area contributed by atoms with Crippen molar-refractivity contribution >= 4 is 17.6 Å². The van der Waals surface area contributed by atoms with E-state index in [0.717, 1.165) is 32.0 Å². The second-order valence-electron chi connectivity index (χ2n) is 6.78. The summed E-state index contributed by atoms with van der Waals surface area (Å²) in [7, 11) is 1.36. The van der Waals surface area contributed by atoms with Gasteiger partial charge in [0.15, 0.2) is 5.96 Å². The zero-order valence-corrected chi connectivity index (χ0v) is 16.7. The predicted molar refractivity (Wildman–Crippen MR) is 110 cm³/mol. The molecule has 1 unspecified atom stereocenters. The van der Waals surface area contributed by atoms with Crippen molar-refractivity contribution in [2.24, 2.45) is 4.99 Å². The lowest BCUT2D eigenvalue weighted by atomic mass is 10.2. The first kappa shape index (κ1) is 19.8. The second kappa shape index (κ2) is 9.30. The van der Waals surface area contributed by atoms with Crippen LogP contribution in [0, 0.1) is 6.92 Å². The molecule has 2 heterocycles. The summed E-state index contributed by atoms with van der Waals surface area (Å²) >= 11 is 0. The maximum Gasteiger partial charge on any atom is 0.341 e. The number of hydrogen-bond acceptors (Lipinski definition) is 5. The fourth-order valence-corrected chi connectivity index (χ4v) is 3.36. The van der Waals surface area contributed by atoms with Crippen molar-refractivity contribution in [3.8, 4) is 0 Å². The molecular formula is C21H28N4O3. The van der Waals surface area contributed by atoms with Crippen LogP contribution in [-0.4, -0.2) is 44.7 Å². The van der Waals surface area contributed by atoms with E-state index in [0.29, 0.717) is 29.7 Å². The third kappa shape index (κ3) is 4.85. The minimum Gasteiger partial charge on any atom is -0.465 e. The van der Waals surface area contributed by atoms with Gasteiger partial charge in [-0.2, -0.15) is 0 Å². The molecule has 0 aliphatic carbocycles. The lowest BCUT2D eigenvalue weighted by Gasteiger charge is -2.20. The average Bonchev–Trinajstić information content (AvgIpc) is 3.33. The number of benzene rings is 1. The number of nitrogens with one attached hydrogen (secondary N) is 2. The minimum atomic E-state index is -0.395. The van der Waals surface area contributed by atoms with E-state index in [-0.39, 0.29) is 0 Å². The van der Waals surface area contributed by atoms with Crippen LogP contribution in [0.1, 0.15) is 35.2 Å². The number of hydrogen-bond donors (Lipinski definition) is 2. The van der Waals surface area contributed by atoms with E-state index in [2.05, 4.69) is 44.8 Å². The van der Waals surface area contributed by atoms with E-state index < -0.39 is 5.97 Å². The van der Waals surface area contributed by atoms with Crippen molar-refractivity contribution in [2.45, 2.75) is 32.9 Å². The molecule has 28 heavy (non-hydrogen) atoms. The van der Waals surface area contributed by atoms with Crippen LogP contribution in [0.3, 0.4) is 0 Å². The van der Waals surface area contributed by atoms with Crippen molar-refractivity contribution in [1.82, 2.24) is 10.6 Å². The highest BCUT2D eigenvalue weighted by Gasteiger charge is 2.23. The fourth-order valence-electron chi connectivity index (χ4n) is 3.36. The summed E-state index contributed by atoms with van der Waals surface area (Å²) in [5, 5.41) is 6.78. The van der Waals surface area contributed by atoms with Gasteiger partial charge in [0.05, 0.1) is 7.11 Å². The van der Waals surface area contributed by atoms with Crippen LogP contribution in [0.25, 0.3) is 0 Å². The Morgan fingerprint density at radius 3 is 2.86 bits per heavy atom. The van der Waals surface area contributed by atoms with Gasteiger partial charge in [-0.1, -0.05) is 18.2 Å². The summed E-state index contributed by atoms with van der Waals surface area (Å²) in [6.45, 7) is 6.85. The zero-order chi connectivity index (χ0) is 19.9. The Balaban J connectivity index is 1.61. The number of carbonyl (C=O) groups is 1. The summed E-state index contributed by atoms with van der Waals surface area (Å²) in [6, 6.07) is 12.5. The number of guanidine groups is 1. The standard InChI is InChI=1S/C21H28N4O3/c1-4-22-21(23-13-18-12-19(15(2)28-18)20(26)27-3)24-16-10-11-25(14-16)17-8-6-5-7-9-17/h5-9,12,16H,4,10-11,13-14H2,1-3H3,(H2,22,23,24).